The summed E-state index contributed by atoms with van der Waals surface area (Å²) < 4.78 is 7.24. The van der Waals surface area contributed by atoms with Crippen LogP contribution in [-0.2, 0) is 0 Å². The van der Waals surface area contributed by atoms with E-state index in [0.29, 0.717) is 0 Å². The van der Waals surface area contributed by atoms with Gasteiger partial charge >= 0.3 is 0 Å². The molecule has 0 saturated carbocycles. The largest absolute Gasteiger partial charge is 0.456 e. The molecule has 0 aliphatic carbocycles. The van der Waals surface area contributed by atoms with Gasteiger partial charge in [-0.1, -0.05) is 42.5 Å². The first-order valence-corrected chi connectivity index (χ1v) is 8.16. The zero-order valence-electron chi connectivity index (χ0n) is 11.7. The zero-order chi connectivity index (χ0) is 14.5. The number of furan rings is 1. The molecule has 0 spiro atoms. The van der Waals surface area contributed by atoms with E-state index in [1.807, 2.05) is 12.1 Å². The molecule has 0 saturated heterocycles. The quantitative estimate of drug-likeness (QED) is 0.346. The Morgan fingerprint density at radius 1 is 0.682 bits per heavy atom. The van der Waals surface area contributed by atoms with Crippen LogP contribution in [0, 0.1) is 0 Å². The molecule has 0 unspecified atom stereocenters. The molecule has 0 aliphatic heterocycles. The van der Waals surface area contributed by atoms with Crippen molar-refractivity contribution >= 4 is 43.4 Å². The van der Waals surface area contributed by atoms with E-state index in [-0.39, 0.29) is 0 Å². The Hall–Kier alpha value is -2.58. The highest BCUT2D eigenvalue weighted by molar-refractivity contribution is 7.17. The van der Waals surface area contributed by atoms with Crippen LogP contribution in [0.2, 0.25) is 0 Å². The fourth-order valence-electron chi connectivity index (χ4n) is 3.09. The van der Waals surface area contributed by atoms with Crippen LogP contribution in [0.5, 0.6) is 0 Å². The van der Waals surface area contributed by atoms with Crippen LogP contribution in [-0.4, -0.2) is 0 Å². The average Bonchev–Trinajstić information content (AvgIpc) is 3.15. The standard InChI is InChI=1S/C20H12OS/c1-3-7-18-14(5-1)16-11-13(9-10-19(16)21-18)17-12-22-20-8-4-2-6-15(17)20/h1-12H. The Bertz CT molecular complexity index is 1130. The molecule has 104 valence electrons. The molecular formula is C20H12OS. The second kappa shape index (κ2) is 4.46. The van der Waals surface area contributed by atoms with Crippen LogP contribution >= 0.6 is 11.3 Å². The molecule has 3 aromatic carbocycles. The summed E-state index contributed by atoms with van der Waals surface area (Å²) in [5, 5.41) is 5.93. The first kappa shape index (κ1) is 12.0. The molecule has 0 fully saturated rings. The van der Waals surface area contributed by atoms with Gasteiger partial charge in [0.25, 0.3) is 0 Å². The minimum Gasteiger partial charge on any atom is -0.456 e. The Balaban J connectivity index is 1.83. The van der Waals surface area contributed by atoms with Crippen LogP contribution in [0.3, 0.4) is 0 Å². The number of benzene rings is 3. The summed E-state index contributed by atoms with van der Waals surface area (Å²) in [7, 11) is 0. The Kier molecular flexibility index (Phi) is 2.43. The van der Waals surface area contributed by atoms with Crippen molar-refractivity contribution in [1.29, 1.82) is 0 Å². The van der Waals surface area contributed by atoms with E-state index in [2.05, 4.69) is 60.0 Å². The molecule has 0 amide bonds. The summed E-state index contributed by atoms with van der Waals surface area (Å²) in [6.45, 7) is 0. The third kappa shape index (κ3) is 1.65. The van der Waals surface area contributed by atoms with Crippen LogP contribution in [0.4, 0.5) is 0 Å². The normalized spacial score (nSPS) is 11.6. The lowest BCUT2D eigenvalue weighted by Gasteiger charge is -2.00. The number of rotatable bonds is 1. The molecule has 0 bridgehead atoms. The van der Waals surface area contributed by atoms with E-state index in [0.717, 1.165) is 11.2 Å². The molecule has 2 aromatic heterocycles. The van der Waals surface area contributed by atoms with Crippen molar-refractivity contribution in [1.82, 2.24) is 0 Å². The summed E-state index contributed by atoms with van der Waals surface area (Å²) >= 11 is 1.80. The molecule has 22 heavy (non-hydrogen) atoms. The van der Waals surface area contributed by atoms with E-state index in [1.54, 1.807) is 11.3 Å². The lowest BCUT2D eigenvalue weighted by molar-refractivity contribution is 0.669. The maximum absolute atomic E-state index is 5.91. The number of hydrogen-bond acceptors (Lipinski definition) is 2. The topological polar surface area (TPSA) is 13.1 Å². The molecule has 0 aliphatic rings. The first-order valence-electron chi connectivity index (χ1n) is 7.28. The van der Waals surface area contributed by atoms with Gasteiger partial charge in [0, 0.05) is 26.4 Å². The summed E-state index contributed by atoms with van der Waals surface area (Å²) in [5.41, 5.74) is 4.44. The predicted molar refractivity (Wildman–Crippen MR) is 94.5 cm³/mol. The molecule has 2 heterocycles. The lowest BCUT2D eigenvalue weighted by Crippen LogP contribution is -1.75. The molecule has 5 rings (SSSR count). The van der Waals surface area contributed by atoms with Crippen molar-refractivity contribution in [2.75, 3.05) is 0 Å². The lowest BCUT2D eigenvalue weighted by atomic mass is 10.0. The Morgan fingerprint density at radius 3 is 2.41 bits per heavy atom. The van der Waals surface area contributed by atoms with Gasteiger partial charge in [-0.25, -0.2) is 0 Å². The number of hydrogen-bond donors (Lipinski definition) is 0. The molecule has 0 radical (unpaired) electrons. The second-order valence-corrected chi connectivity index (χ2v) is 6.37. The van der Waals surface area contributed by atoms with Gasteiger partial charge in [-0.05, 0) is 35.2 Å². The van der Waals surface area contributed by atoms with Gasteiger partial charge in [0.05, 0.1) is 0 Å². The van der Waals surface area contributed by atoms with E-state index in [9.17, 15) is 0 Å². The van der Waals surface area contributed by atoms with Gasteiger partial charge in [-0.2, -0.15) is 0 Å². The number of fused-ring (bicyclic) bond motifs is 4. The van der Waals surface area contributed by atoms with Crippen molar-refractivity contribution in [3.63, 3.8) is 0 Å². The Labute approximate surface area is 131 Å². The average molecular weight is 300 g/mol. The highest BCUT2D eigenvalue weighted by Crippen LogP contribution is 2.37. The molecule has 0 N–H and O–H groups in total. The van der Waals surface area contributed by atoms with Crippen LogP contribution in [0.15, 0.2) is 76.5 Å². The summed E-state index contributed by atoms with van der Waals surface area (Å²) in [4.78, 5) is 0. The van der Waals surface area contributed by atoms with Crippen LogP contribution in [0.25, 0.3) is 43.2 Å². The third-order valence-electron chi connectivity index (χ3n) is 4.17. The first-order chi connectivity index (χ1) is 10.9. The highest BCUT2D eigenvalue weighted by Gasteiger charge is 2.10. The van der Waals surface area contributed by atoms with Crippen molar-refractivity contribution in [2.45, 2.75) is 0 Å². The van der Waals surface area contributed by atoms with Gasteiger partial charge in [0.2, 0.25) is 0 Å². The van der Waals surface area contributed by atoms with Gasteiger partial charge in [0.1, 0.15) is 11.2 Å². The summed E-state index contributed by atoms with van der Waals surface area (Å²) in [5.74, 6) is 0. The van der Waals surface area contributed by atoms with E-state index >= 15 is 0 Å². The molecule has 1 nitrogen and oxygen atoms in total. The Morgan fingerprint density at radius 2 is 1.45 bits per heavy atom. The highest BCUT2D eigenvalue weighted by atomic mass is 32.1. The van der Waals surface area contributed by atoms with Gasteiger partial charge < -0.3 is 4.42 Å². The van der Waals surface area contributed by atoms with E-state index in [1.165, 1.54) is 32.0 Å². The van der Waals surface area contributed by atoms with Crippen molar-refractivity contribution in [2.24, 2.45) is 0 Å². The fraction of sp³-hybridized carbons (Fsp3) is 0. The predicted octanol–water partition coefficient (Wildman–Crippen LogP) is 6.47. The number of thiophene rings is 1. The maximum atomic E-state index is 5.91. The second-order valence-electron chi connectivity index (χ2n) is 5.45. The SMILES string of the molecule is c1ccc2c(c1)oc1ccc(-c3csc4ccccc34)cc12. The minimum absolute atomic E-state index is 0.949. The summed E-state index contributed by atoms with van der Waals surface area (Å²) in [6.07, 6.45) is 0. The maximum Gasteiger partial charge on any atom is 0.135 e. The van der Waals surface area contributed by atoms with Crippen molar-refractivity contribution < 1.29 is 4.42 Å². The van der Waals surface area contributed by atoms with Gasteiger partial charge in [-0.3, -0.25) is 0 Å². The van der Waals surface area contributed by atoms with Crippen molar-refractivity contribution in [3.05, 3.63) is 72.1 Å². The van der Waals surface area contributed by atoms with Gasteiger partial charge in [0.15, 0.2) is 0 Å². The summed E-state index contributed by atoms with van der Waals surface area (Å²) in [6, 6.07) is 23.3. The molecule has 2 heteroatoms. The van der Waals surface area contributed by atoms with E-state index in [4.69, 9.17) is 4.42 Å². The number of para-hydroxylation sites is 1. The monoisotopic (exact) mass is 300 g/mol. The van der Waals surface area contributed by atoms with E-state index < -0.39 is 0 Å². The van der Waals surface area contributed by atoms with Gasteiger partial charge in [-0.15, -0.1) is 11.3 Å². The third-order valence-corrected chi connectivity index (χ3v) is 5.13. The van der Waals surface area contributed by atoms with Crippen LogP contribution < -0.4 is 0 Å². The fourth-order valence-corrected chi connectivity index (χ4v) is 4.06. The van der Waals surface area contributed by atoms with Crippen LogP contribution in [0.1, 0.15) is 0 Å². The zero-order valence-corrected chi connectivity index (χ0v) is 12.6. The minimum atomic E-state index is 0.949. The van der Waals surface area contributed by atoms with Crippen molar-refractivity contribution in [3.8, 4) is 11.1 Å². The molecule has 5 aromatic rings. The smallest absolute Gasteiger partial charge is 0.135 e. The molecular weight excluding hydrogens is 288 g/mol. The molecule has 0 atom stereocenters.